The molecule has 0 fully saturated rings. The maximum Gasteiger partial charge on any atom is 0.162 e. The van der Waals surface area contributed by atoms with E-state index in [2.05, 4.69) is 27.8 Å². The topological polar surface area (TPSA) is 43.4 Å². The SMILES string of the molecule is c1csc(CNc2nccc3cc4c(cc23)OCCO4)c1. The Labute approximate surface area is 126 Å². The average Bonchev–Trinajstić information content (AvgIpc) is 3.04. The van der Waals surface area contributed by atoms with E-state index in [1.807, 2.05) is 24.4 Å². The summed E-state index contributed by atoms with van der Waals surface area (Å²) in [5.74, 6) is 2.47. The standard InChI is InChI=1S/C16H14N2O2S/c1-2-12(21-7-1)10-18-16-13-9-15-14(19-5-6-20-15)8-11(13)3-4-17-16/h1-4,7-9H,5-6,10H2,(H,17,18). The highest BCUT2D eigenvalue weighted by Gasteiger charge is 2.14. The average molecular weight is 298 g/mol. The van der Waals surface area contributed by atoms with Gasteiger partial charge < -0.3 is 14.8 Å². The molecule has 0 bridgehead atoms. The molecule has 4 rings (SSSR count). The number of anilines is 1. The van der Waals surface area contributed by atoms with Crippen LogP contribution in [0.3, 0.4) is 0 Å². The molecule has 3 heterocycles. The third-order valence-corrected chi connectivity index (χ3v) is 4.31. The van der Waals surface area contributed by atoms with Gasteiger partial charge in [-0.2, -0.15) is 0 Å². The number of rotatable bonds is 3. The van der Waals surface area contributed by atoms with Crippen LogP contribution in [-0.2, 0) is 6.54 Å². The van der Waals surface area contributed by atoms with Gasteiger partial charge in [-0.15, -0.1) is 11.3 Å². The Morgan fingerprint density at radius 2 is 2.00 bits per heavy atom. The summed E-state index contributed by atoms with van der Waals surface area (Å²) < 4.78 is 11.3. The maximum atomic E-state index is 5.66. The van der Waals surface area contributed by atoms with Gasteiger partial charge >= 0.3 is 0 Å². The molecule has 0 saturated heterocycles. The van der Waals surface area contributed by atoms with Crippen LogP contribution in [0.5, 0.6) is 11.5 Å². The Morgan fingerprint density at radius 3 is 2.81 bits per heavy atom. The second-order valence-electron chi connectivity index (χ2n) is 4.81. The Hall–Kier alpha value is -2.27. The summed E-state index contributed by atoms with van der Waals surface area (Å²) in [6.45, 7) is 1.97. The van der Waals surface area contributed by atoms with Crippen LogP contribution in [0.25, 0.3) is 10.8 Å². The van der Waals surface area contributed by atoms with E-state index in [9.17, 15) is 0 Å². The Bertz CT molecular complexity index is 771. The number of hydrogen-bond donors (Lipinski definition) is 1. The van der Waals surface area contributed by atoms with Crippen molar-refractivity contribution in [2.75, 3.05) is 18.5 Å². The predicted octanol–water partition coefficient (Wildman–Crippen LogP) is 3.68. The monoisotopic (exact) mass is 298 g/mol. The highest BCUT2D eigenvalue weighted by atomic mass is 32.1. The van der Waals surface area contributed by atoms with Crippen molar-refractivity contribution in [1.29, 1.82) is 0 Å². The van der Waals surface area contributed by atoms with Gasteiger partial charge in [-0.1, -0.05) is 6.07 Å². The van der Waals surface area contributed by atoms with E-state index in [-0.39, 0.29) is 0 Å². The molecular formula is C16H14N2O2S. The lowest BCUT2D eigenvalue weighted by molar-refractivity contribution is 0.172. The first kappa shape index (κ1) is 12.5. The van der Waals surface area contributed by atoms with E-state index in [0.29, 0.717) is 13.2 Å². The molecule has 0 spiro atoms. The smallest absolute Gasteiger partial charge is 0.162 e. The van der Waals surface area contributed by atoms with E-state index in [1.165, 1.54) is 4.88 Å². The molecule has 21 heavy (non-hydrogen) atoms. The number of thiophene rings is 1. The molecule has 0 atom stereocenters. The number of fused-ring (bicyclic) bond motifs is 2. The number of nitrogens with zero attached hydrogens (tertiary/aromatic N) is 1. The molecule has 2 aromatic heterocycles. The van der Waals surface area contributed by atoms with Gasteiger partial charge in [0.1, 0.15) is 19.0 Å². The fraction of sp³-hybridized carbons (Fsp3) is 0.188. The summed E-state index contributed by atoms with van der Waals surface area (Å²) in [4.78, 5) is 5.74. The summed E-state index contributed by atoms with van der Waals surface area (Å²) in [5, 5.41) is 7.63. The largest absolute Gasteiger partial charge is 0.486 e. The van der Waals surface area contributed by atoms with Gasteiger partial charge in [0.15, 0.2) is 11.5 Å². The van der Waals surface area contributed by atoms with Crippen molar-refractivity contribution >= 4 is 27.9 Å². The van der Waals surface area contributed by atoms with Crippen LogP contribution < -0.4 is 14.8 Å². The second kappa shape index (κ2) is 5.26. The highest BCUT2D eigenvalue weighted by Crippen LogP contribution is 2.36. The lowest BCUT2D eigenvalue weighted by atomic mass is 10.1. The van der Waals surface area contributed by atoms with E-state index in [1.54, 1.807) is 11.3 Å². The molecule has 0 aliphatic carbocycles. The lowest BCUT2D eigenvalue weighted by Gasteiger charge is -2.19. The van der Waals surface area contributed by atoms with Crippen LogP contribution in [0.2, 0.25) is 0 Å². The molecule has 0 unspecified atom stereocenters. The third-order valence-electron chi connectivity index (χ3n) is 3.44. The number of aromatic nitrogens is 1. The summed E-state index contributed by atoms with van der Waals surface area (Å²) in [5.41, 5.74) is 0. The predicted molar refractivity (Wildman–Crippen MR) is 84.4 cm³/mol. The van der Waals surface area contributed by atoms with Gasteiger partial charge in [0.05, 0.1) is 6.54 Å². The first-order valence-corrected chi connectivity index (χ1v) is 7.73. The van der Waals surface area contributed by atoms with Crippen LogP contribution in [-0.4, -0.2) is 18.2 Å². The zero-order valence-electron chi connectivity index (χ0n) is 11.3. The van der Waals surface area contributed by atoms with Crippen LogP contribution in [0.1, 0.15) is 4.88 Å². The molecule has 1 aliphatic heterocycles. The molecule has 5 heteroatoms. The van der Waals surface area contributed by atoms with E-state index < -0.39 is 0 Å². The van der Waals surface area contributed by atoms with Crippen molar-refractivity contribution in [3.8, 4) is 11.5 Å². The van der Waals surface area contributed by atoms with Gasteiger partial charge in [0, 0.05) is 16.5 Å². The molecule has 3 aromatic rings. The maximum absolute atomic E-state index is 5.66. The summed E-state index contributed by atoms with van der Waals surface area (Å²) in [6.07, 6.45) is 1.81. The minimum Gasteiger partial charge on any atom is -0.486 e. The van der Waals surface area contributed by atoms with Crippen molar-refractivity contribution < 1.29 is 9.47 Å². The van der Waals surface area contributed by atoms with Crippen LogP contribution >= 0.6 is 11.3 Å². The van der Waals surface area contributed by atoms with E-state index in [4.69, 9.17) is 9.47 Å². The van der Waals surface area contributed by atoms with Crippen molar-refractivity contribution in [2.24, 2.45) is 0 Å². The van der Waals surface area contributed by atoms with Gasteiger partial charge in [-0.05, 0) is 35.0 Å². The van der Waals surface area contributed by atoms with Gasteiger partial charge in [-0.25, -0.2) is 4.98 Å². The molecule has 0 radical (unpaired) electrons. The quantitative estimate of drug-likeness (QED) is 0.801. The molecule has 1 aromatic carbocycles. The van der Waals surface area contributed by atoms with Crippen molar-refractivity contribution in [3.05, 3.63) is 46.8 Å². The van der Waals surface area contributed by atoms with E-state index in [0.717, 1.165) is 34.6 Å². The molecule has 0 amide bonds. The zero-order valence-corrected chi connectivity index (χ0v) is 12.2. The van der Waals surface area contributed by atoms with Gasteiger partial charge in [0.25, 0.3) is 0 Å². The van der Waals surface area contributed by atoms with Gasteiger partial charge in [-0.3, -0.25) is 0 Å². The summed E-state index contributed by atoms with van der Waals surface area (Å²) in [7, 11) is 0. The Kier molecular flexibility index (Phi) is 3.12. The number of benzene rings is 1. The highest BCUT2D eigenvalue weighted by molar-refractivity contribution is 7.09. The molecule has 0 saturated carbocycles. The first-order valence-electron chi connectivity index (χ1n) is 6.85. The first-order chi connectivity index (χ1) is 10.4. The van der Waals surface area contributed by atoms with Crippen molar-refractivity contribution in [3.63, 3.8) is 0 Å². The number of nitrogens with one attached hydrogen (secondary N) is 1. The summed E-state index contributed by atoms with van der Waals surface area (Å²) >= 11 is 1.74. The molecule has 106 valence electrons. The number of hydrogen-bond acceptors (Lipinski definition) is 5. The van der Waals surface area contributed by atoms with Crippen molar-refractivity contribution in [2.45, 2.75) is 6.54 Å². The lowest BCUT2D eigenvalue weighted by Crippen LogP contribution is -2.15. The number of ether oxygens (including phenoxy) is 2. The molecule has 1 aliphatic rings. The van der Waals surface area contributed by atoms with Crippen LogP contribution in [0.4, 0.5) is 5.82 Å². The summed E-state index contributed by atoms with van der Waals surface area (Å²) in [6, 6.07) is 10.2. The molecule has 4 nitrogen and oxygen atoms in total. The Morgan fingerprint density at radius 1 is 1.14 bits per heavy atom. The fourth-order valence-electron chi connectivity index (χ4n) is 2.43. The fourth-order valence-corrected chi connectivity index (χ4v) is 3.08. The molecular weight excluding hydrogens is 284 g/mol. The minimum absolute atomic E-state index is 0.594. The minimum atomic E-state index is 0.594. The number of pyridine rings is 1. The third kappa shape index (κ3) is 2.40. The van der Waals surface area contributed by atoms with E-state index >= 15 is 0 Å². The second-order valence-corrected chi connectivity index (χ2v) is 5.84. The molecule has 1 N–H and O–H groups in total. The van der Waals surface area contributed by atoms with Crippen LogP contribution in [0, 0.1) is 0 Å². The Balaban J connectivity index is 1.71. The van der Waals surface area contributed by atoms with Crippen molar-refractivity contribution in [1.82, 2.24) is 4.98 Å². The van der Waals surface area contributed by atoms with Gasteiger partial charge in [0.2, 0.25) is 0 Å². The van der Waals surface area contributed by atoms with Crippen LogP contribution in [0.15, 0.2) is 41.9 Å². The normalized spacial score (nSPS) is 13.3. The zero-order chi connectivity index (χ0) is 14.1.